The summed E-state index contributed by atoms with van der Waals surface area (Å²) in [6.45, 7) is 3.91. The molecule has 21 heavy (non-hydrogen) atoms. The Morgan fingerprint density at radius 1 is 1.14 bits per heavy atom. The SMILES string of the molecule is Cc1cc(N2CCC(N)CC2)nc(-c2ccc(Cl)cc2)n1. The van der Waals surface area contributed by atoms with Crippen LogP contribution >= 0.6 is 11.6 Å². The topological polar surface area (TPSA) is 55.0 Å². The fourth-order valence-corrected chi connectivity index (χ4v) is 2.70. The number of piperidine rings is 1. The molecule has 1 aliphatic heterocycles. The van der Waals surface area contributed by atoms with Gasteiger partial charge in [0.15, 0.2) is 5.82 Å². The van der Waals surface area contributed by atoms with Gasteiger partial charge in [0, 0.05) is 41.5 Å². The third-order valence-corrected chi connectivity index (χ3v) is 4.06. The van der Waals surface area contributed by atoms with E-state index in [1.165, 1.54) is 0 Å². The summed E-state index contributed by atoms with van der Waals surface area (Å²) in [6.07, 6.45) is 2.03. The van der Waals surface area contributed by atoms with Gasteiger partial charge in [0.1, 0.15) is 5.82 Å². The molecule has 2 heterocycles. The minimum atomic E-state index is 0.319. The van der Waals surface area contributed by atoms with Crippen molar-refractivity contribution in [1.82, 2.24) is 9.97 Å². The highest BCUT2D eigenvalue weighted by molar-refractivity contribution is 6.30. The van der Waals surface area contributed by atoms with Crippen LogP contribution in [0.3, 0.4) is 0 Å². The fourth-order valence-electron chi connectivity index (χ4n) is 2.57. The number of rotatable bonds is 2. The molecule has 4 nitrogen and oxygen atoms in total. The Hall–Kier alpha value is -1.65. The third-order valence-electron chi connectivity index (χ3n) is 3.81. The van der Waals surface area contributed by atoms with E-state index in [0.717, 1.165) is 53.9 Å². The van der Waals surface area contributed by atoms with Crippen molar-refractivity contribution >= 4 is 17.4 Å². The van der Waals surface area contributed by atoms with Crippen molar-refractivity contribution in [1.29, 1.82) is 0 Å². The molecule has 0 unspecified atom stereocenters. The molecule has 1 aromatic carbocycles. The molecule has 5 heteroatoms. The molecule has 2 aromatic rings. The summed E-state index contributed by atoms with van der Waals surface area (Å²) in [5.41, 5.74) is 7.92. The van der Waals surface area contributed by atoms with Gasteiger partial charge in [-0.15, -0.1) is 0 Å². The second kappa shape index (κ2) is 6.00. The number of benzene rings is 1. The van der Waals surface area contributed by atoms with Gasteiger partial charge in [-0.2, -0.15) is 0 Å². The molecular weight excluding hydrogens is 284 g/mol. The second-order valence-corrected chi connectivity index (χ2v) is 5.96. The first kappa shape index (κ1) is 14.3. The molecule has 0 atom stereocenters. The van der Waals surface area contributed by atoms with E-state index in [-0.39, 0.29) is 0 Å². The fraction of sp³-hybridized carbons (Fsp3) is 0.375. The first-order valence-corrected chi connectivity index (χ1v) is 7.62. The van der Waals surface area contributed by atoms with E-state index in [2.05, 4.69) is 9.88 Å². The first-order chi connectivity index (χ1) is 10.1. The maximum Gasteiger partial charge on any atom is 0.161 e. The molecular formula is C16H19ClN4. The molecule has 2 N–H and O–H groups in total. The molecule has 1 saturated heterocycles. The standard InChI is InChI=1S/C16H19ClN4/c1-11-10-15(21-8-6-14(18)7-9-21)20-16(19-11)12-2-4-13(17)5-3-12/h2-5,10,14H,6-9,18H2,1H3. The lowest BCUT2D eigenvalue weighted by Gasteiger charge is -2.31. The van der Waals surface area contributed by atoms with Gasteiger partial charge in [0.2, 0.25) is 0 Å². The minimum absolute atomic E-state index is 0.319. The summed E-state index contributed by atoms with van der Waals surface area (Å²) in [5.74, 6) is 1.73. The lowest BCUT2D eigenvalue weighted by Crippen LogP contribution is -2.40. The Bertz CT molecular complexity index is 619. The van der Waals surface area contributed by atoms with E-state index in [1.54, 1.807) is 0 Å². The van der Waals surface area contributed by atoms with E-state index >= 15 is 0 Å². The van der Waals surface area contributed by atoms with Gasteiger partial charge >= 0.3 is 0 Å². The van der Waals surface area contributed by atoms with Crippen LogP contribution < -0.4 is 10.6 Å². The van der Waals surface area contributed by atoms with Gasteiger partial charge in [-0.3, -0.25) is 0 Å². The number of hydrogen-bond donors (Lipinski definition) is 1. The molecule has 1 aromatic heterocycles. The zero-order valence-corrected chi connectivity index (χ0v) is 12.8. The smallest absolute Gasteiger partial charge is 0.161 e. The van der Waals surface area contributed by atoms with Crippen LogP contribution in [0.2, 0.25) is 5.02 Å². The molecule has 0 aliphatic carbocycles. The summed E-state index contributed by atoms with van der Waals surface area (Å²) < 4.78 is 0. The monoisotopic (exact) mass is 302 g/mol. The molecule has 0 saturated carbocycles. The van der Waals surface area contributed by atoms with Crippen LogP contribution in [0.15, 0.2) is 30.3 Å². The lowest BCUT2D eigenvalue weighted by molar-refractivity contribution is 0.498. The number of nitrogens with two attached hydrogens (primary N) is 1. The van der Waals surface area contributed by atoms with Crippen molar-refractivity contribution in [3.63, 3.8) is 0 Å². The van der Waals surface area contributed by atoms with Gasteiger partial charge in [0.05, 0.1) is 0 Å². The summed E-state index contributed by atoms with van der Waals surface area (Å²) >= 11 is 5.94. The van der Waals surface area contributed by atoms with Crippen molar-refractivity contribution in [2.75, 3.05) is 18.0 Å². The Labute approximate surface area is 130 Å². The highest BCUT2D eigenvalue weighted by Crippen LogP contribution is 2.23. The van der Waals surface area contributed by atoms with Crippen LogP contribution in [-0.2, 0) is 0 Å². The van der Waals surface area contributed by atoms with Crippen molar-refractivity contribution < 1.29 is 0 Å². The van der Waals surface area contributed by atoms with Gasteiger partial charge in [-0.05, 0) is 44.0 Å². The van der Waals surface area contributed by atoms with E-state index in [4.69, 9.17) is 22.3 Å². The Morgan fingerprint density at radius 2 is 1.81 bits per heavy atom. The Kier molecular flexibility index (Phi) is 4.08. The summed E-state index contributed by atoms with van der Waals surface area (Å²) in [4.78, 5) is 11.5. The Morgan fingerprint density at radius 3 is 2.48 bits per heavy atom. The van der Waals surface area contributed by atoms with Crippen LogP contribution in [0.5, 0.6) is 0 Å². The zero-order valence-electron chi connectivity index (χ0n) is 12.1. The zero-order chi connectivity index (χ0) is 14.8. The van der Waals surface area contributed by atoms with Crippen LogP contribution in [-0.4, -0.2) is 29.1 Å². The molecule has 0 bridgehead atoms. The van der Waals surface area contributed by atoms with Crippen LogP contribution in [0, 0.1) is 6.92 Å². The number of aryl methyl sites for hydroxylation is 1. The maximum absolute atomic E-state index is 5.97. The molecule has 1 aliphatic rings. The highest BCUT2D eigenvalue weighted by atomic mass is 35.5. The predicted octanol–water partition coefficient (Wildman–Crippen LogP) is 3.03. The van der Waals surface area contributed by atoms with E-state index < -0.39 is 0 Å². The van der Waals surface area contributed by atoms with Crippen LogP contribution in [0.1, 0.15) is 18.5 Å². The number of halogens is 1. The molecule has 0 amide bonds. The lowest BCUT2D eigenvalue weighted by atomic mass is 10.1. The first-order valence-electron chi connectivity index (χ1n) is 7.24. The summed E-state index contributed by atoms with van der Waals surface area (Å²) in [5, 5.41) is 0.719. The van der Waals surface area contributed by atoms with Crippen molar-refractivity contribution in [2.24, 2.45) is 5.73 Å². The second-order valence-electron chi connectivity index (χ2n) is 5.52. The van der Waals surface area contributed by atoms with Crippen molar-refractivity contribution in [3.8, 4) is 11.4 Å². The molecule has 3 rings (SSSR count). The van der Waals surface area contributed by atoms with Crippen molar-refractivity contribution in [2.45, 2.75) is 25.8 Å². The molecule has 110 valence electrons. The summed E-state index contributed by atoms with van der Waals surface area (Å²) in [7, 11) is 0. The van der Waals surface area contributed by atoms with E-state index in [9.17, 15) is 0 Å². The van der Waals surface area contributed by atoms with Gasteiger partial charge in [-0.1, -0.05) is 11.6 Å². The maximum atomic E-state index is 5.97. The number of aromatic nitrogens is 2. The average Bonchev–Trinajstić information content (AvgIpc) is 2.48. The predicted molar refractivity (Wildman–Crippen MR) is 86.6 cm³/mol. The van der Waals surface area contributed by atoms with Crippen molar-refractivity contribution in [3.05, 3.63) is 41.0 Å². The number of anilines is 1. The minimum Gasteiger partial charge on any atom is -0.356 e. The molecule has 0 radical (unpaired) electrons. The largest absolute Gasteiger partial charge is 0.356 e. The third kappa shape index (κ3) is 3.34. The van der Waals surface area contributed by atoms with E-state index in [1.807, 2.05) is 37.3 Å². The number of hydrogen-bond acceptors (Lipinski definition) is 4. The average molecular weight is 303 g/mol. The highest BCUT2D eigenvalue weighted by Gasteiger charge is 2.18. The van der Waals surface area contributed by atoms with Crippen LogP contribution in [0.4, 0.5) is 5.82 Å². The van der Waals surface area contributed by atoms with Gasteiger partial charge in [0.25, 0.3) is 0 Å². The normalized spacial score (nSPS) is 16.2. The number of nitrogens with zero attached hydrogens (tertiary/aromatic N) is 3. The van der Waals surface area contributed by atoms with E-state index in [0.29, 0.717) is 6.04 Å². The summed E-state index contributed by atoms with van der Waals surface area (Å²) in [6, 6.07) is 9.99. The van der Waals surface area contributed by atoms with Gasteiger partial charge < -0.3 is 10.6 Å². The quantitative estimate of drug-likeness (QED) is 0.926. The van der Waals surface area contributed by atoms with Gasteiger partial charge in [-0.25, -0.2) is 9.97 Å². The van der Waals surface area contributed by atoms with Crippen LogP contribution in [0.25, 0.3) is 11.4 Å². The molecule has 0 spiro atoms. The Balaban J connectivity index is 1.91. The molecule has 1 fully saturated rings.